The zero-order valence-electron chi connectivity index (χ0n) is 30.9. The molecule has 15 nitrogen and oxygen atoms in total. The number of likely N-dealkylation sites (N-methyl/N-ethyl adjacent to an activating group) is 1. The number of carbonyl (C=O) groups excluding carboxylic acids is 4. The molecule has 0 aromatic carbocycles. The molecule has 3 rings (SSSR count). The summed E-state index contributed by atoms with van der Waals surface area (Å²) in [5.41, 5.74) is 3.14. The zero-order valence-corrected chi connectivity index (χ0v) is 31.7. The highest BCUT2D eigenvalue weighted by molar-refractivity contribution is 7.13. The van der Waals surface area contributed by atoms with Crippen LogP contribution in [0.5, 0.6) is 5.88 Å². The number of nitrogens with zero attached hydrogens (tertiary/aromatic N) is 4. The van der Waals surface area contributed by atoms with Crippen LogP contribution < -0.4 is 31.5 Å². The highest BCUT2D eigenvalue weighted by Crippen LogP contribution is 2.41. The third-order valence-corrected chi connectivity index (χ3v) is 8.25. The fraction of sp³-hybridized carbons (Fsp3) is 0.500. The number of hydrogen-bond donors (Lipinski definition) is 5. The van der Waals surface area contributed by atoms with Gasteiger partial charge in [0.05, 0.1) is 5.56 Å². The minimum Gasteiger partial charge on any atom is -0.476 e. The van der Waals surface area contributed by atoms with Gasteiger partial charge in [-0.3, -0.25) is 25.8 Å². The number of pyridine rings is 2. The Morgan fingerprint density at radius 2 is 1.64 bits per heavy atom. The van der Waals surface area contributed by atoms with Gasteiger partial charge >= 0.3 is 18.3 Å². The van der Waals surface area contributed by atoms with Crippen molar-refractivity contribution >= 4 is 41.1 Å². The number of aromatic nitrogens is 3. The fourth-order valence-corrected chi connectivity index (χ4v) is 5.55. The molecule has 0 saturated carbocycles. The number of rotatable bonds is 14. The number of hydrogen-bond acceptors (Lipinski definition) is 11. The van der Waals surface area contributed by atoms with Gasteiger partial charge in [-0.25, -0.2) is 24.5 Å². The summed E-state index contributed by atoms with van der Waals surface area (Å²) >= 11 is 0.723. The van der Waals surface area contributed by atoms with Gasteiger partial charge in [0.1, 0.15) is 29.1 Å². The Labute approximate surface area is 309 Å². The third kappa shape index (κ3) is 12.6. The molecular weight excluding hydrogens is 719 g/mol. The van der Waals surface area contributed by atoms with Gasteiger partial charge in [0.25, 0.3) is 11.8 Å². The number of urea groups is 1. The van der Waals surface area contributed by atoms with Crippen molar-refractivity contribution < 1.29 is 41.8 Å². The van der Waals surface area contributed by atoms with Crippen molar-refractivity contribution in [2.45, 2.75) is 73.2 Å². The van der Waals surface area contributed by atoms with Crippen molar-refractivity contribution in [1.82, 2.24) is 41.3 Å². The van der Waals surface area contributed by atoms with Crippen molar-refractivity contribution in [2.75, 3.05) is 38.1 Å². The number of anilines is 1. The van der Waals surface area contributed by atoms with Crippen molar-refractivity contribution in [3.05, 3.63) is 41.2 Å². The molecular formula is C34H46F3N9O6S. The summed E-state index contributed by atoms with van der Waals surface area (Å²) in [6, 6.07) is 1.09. The Morgan fingerprint density at radius 3 is 2.23 bits per heavy atom. The lowest BCUT2D eigenvalue weighted by Gasteiger charge is -2.25. The van der Waals surface area contributed by atoms with E-state index in [-0.39, 0.29) is 51.5 Å². The summed E-state index contributed by atoms with van der Waals surface area (Å²) in [6.45, 7) is 16.7. The van der Waals surface area contributed by atoms with Gasteiger partial charge < -0.3 is 25.0 Å². The Hall–Kier alpha value is -5.04. The minimum absolute atomic E-state index is 0.0201. The molecule has 3 heterocycles. The van der Waals surface area contributed by atoms with Crippen LogP contribution in [0.2, 0.25) is 0 Å². The zero-order chi connectivity index (χ0) is 39.5. The molecule has 19 heteroatoms. The highest BCUT2D eigenvalue weighted by Gasteiger charge is 2.34. The summed E-state index contributed by atoms with van der Waals surface area (Å²) in [6.07, 6.45) is -3.02. The molecule has 0 radical (unpaired) electrons. The van der Waals surface area contributed by atoms with Crippen molar-refractivity contribution in [2.24, 2.45) is 5.92 Å². The van der Waals surface area contributed by atoms with E-state index in [1.54, 1.807) is 41.5 Å². The van der Waals surface area contributed by atoms with Gasteiger partial charge in [-0.15, -0.1) is 11.3 Å². The quantitative estimate of drug-likeness (QED) is 0.132. The number of carbonyl (C=O) groups is 4. The number of nitrogens with one attached hydrogen (secondary N) is 5. The molecule has 0 aliphatic rings. The first-order chi connectivity index (χ1) is 24.9. The molecule has 0 saturated heterocycles. The normalized spacial score (nSPS) is 12.2. The number of ether oxygens (including phenoxy) is 2. The third-order valence-electron chi connectivity index (χ3n) is 7.37. The first-order valence-corrected chi connectivity index (χ1v) is 17.8. The average molecular weight is 766 g/mol. The molecule has 0 aliphatic carbocycles. The van der Waals surface area contributed by atoms with Crippen LogP contribution in [0, 0.1) is 5.92 Å². The first-order valence-electron chi connectivity index (χ1n) is 16.9. The van der Waals surface area contributed by atoms with E-state index in [0.717, 1.165) is 29.8 Å². The monoisotopic (exact) mass is 765 g/mol. The maximum atomic E-state index is 13.6. The molecule has 1 atom stereocenters. The summed E-state index contributed by atoms with van der Waals surface area (Å²) in [4.78, 5) is 65.7. The van der Waals surface area contributed by atoms with Crippen molar-refractivity contribution in [1.29, 1.82) is 0 Å². The van der Waals surface area contributed by atoms with E-state index in [1.807, 2.05) is 13.8 Å². The molecule has 290 valence electrons. The van der Waals surface area contributed by atoms with Gasteiger partial charge in [0, 0.05) is 47.6 Å². The fourth-order valence-electron chi connectivity index (χ4n) is 4.70. The maximum absolute atomic E-state index is 13.6. The van der Waals surface area contributed by atoms with Crippen LogP contribution in [0.1, 0.15) is 71.4 Å². The predicted molar refractivity (Wildman–Crippen MR) is 193 cm³/mol. The largest absolute Gasteiger partial charge is 0.476 e. The SMILES string of the molecule is CCNC(=O)Nc1cc(-c2nc(C(F)(F)F)cs2)c(-c2cc(C(=O)NNC(=O)C(NC(=O)OC(C)(C)C)C(C)C)cnc2OCCN(CC)CC)cn1. The number of halogens is 3. The number of hydrazine groups is 1. The smallest absolute Gasteiger partial charge is 0.434 e. The summed E-state index contributed by atoms with van der Waals surface area (Å²) in [7, 11) is 0. The molecule has 0 aliphatic heterocycles. The van der Waals surface area contributed by atoms with Crippen molar-refractivity contribution in [3.63, 3.8) is 0 Å². The Kier molecular flexibility index (Phi) is 14.9. The topological polar surface area (TPSA) is 189 Å². The molecule has 5 amide bonds. The van der Waals surface area contributed by atoms with Gasteiger partial charge in [-0.1, -0.05) is 27.7 Å². The van der Waals surface area contributed by atoms with E-state index in [4.69, 9.17) is 9.47 Å². The van der Waals surface area contributed by atoms with E-state index < -0.39 is 47.5 Å². The summed E-state index contributed by atoms with van der Waals surface area (Å²) < 4.78 is 52.2. The van der Waals surface area contributed by atoms with Crippen LogP contribution in [0.25, 0.3) is 21.7 Å². The van der Waals surface area contributed by atoms with E-state index in [9.17, 15) is 32.3 Å². The second kappa shape index (κ2) is 18.6. The maximum Gasteiger partial charge on any atom is 0.434 e. The van der Waals surface area contributed by atoms with Gasteiger partial charge in [-0.2, -0.15) is 13.2 Å². The number of alkyl carbamates (subject to hydrolysis) is 1. The molecule has 3 aromatic rings. The van der Waals surface area contributed by atoms with Gasteiger partial charge in [0.15, 0.2) is 5.69 Å². The van der Waals surface area contributed by atoms with Crippen LogP contribution in [0.15, 0.2) is 29.9 Å². The molecule has 0 fully saturated rings. The Balaban J connectivity index is 2.04. The van der Waals surface area contributed by atoms with Crippen LogP contribution in [0.3, 0.4) is 0 Å². The summed E-state index contributed by atoms with van der Waals surface area (Å²) in [5.74, 6) is -1.86. The molecule has 3 aromatic heterocycles. The predicted octanol–water partition coefficient (Wildman–Crippen LogP) is 5.46. The second-order valence-corrected chi connectivity index (χ2v) is 13.8. The van der Waals surface area contributed by atoms with E-state index in [1.165, 1.54) is 24.5 Å². The highest BCUT2D eigenvalue weighted by atomic mass is 32.1. The van der Waals surface area contributed by atoms with Gasteiger partial charge in [0.2, 0.25) is 5.88 Å². The summed E-state index contributed by atoms with van der Waals surface area (Å²) in [5, 5.41) is 8.41. The lowest BCUT2D eigenvalue weighted by atomic mass is 10.0. The molecule has 0 bridgehead atoms. The lowest BCUT2D eigenvalue weighted by Crippen LogP contribution is -2.55. The lowest BCUT2D eigenvalue weighted by molar-refractivity contribution is -0.140. The second-order valence-electron chi connectivity index (χ2n) is 12.9. The van der Waals surface area contributed by atoms with Crippen LogP contribution in [-0.2, 0) is 15.7 Å². The molecule has 5 N–H and O–H groups in total. The van der Waals surface area contributed by atoms with Crippen molar-refractivity contribution in [3.8, 4) is 27.6 Å². The Bertz CT molecular complexity index is 1740. The molecule has 0 spiro atoms. The van der Waals surface area contributed by atoms with Gasteiger partial charge in [-0.05, 0) is 58.8 Å². The number of thiazole rings is 1. The standard InChI is InChI=1S/C34H46F3N9O6S/c1-9-38-31(49)42-25-15-22(30-41-24(18-53-30)34(35,36)37)23(17-39-25)21-14-20(16-40-29(21)51-13-12-46(10-2)11-3)27(47)44-45-28(48)26(19(4)5)43-32(50)52-33(6,7)8/h14-19,26H,9-13H2,1-8H3,(H,43,50)(H,44,47)(H,45,48)(H2,38,39,42,49). The molecule has 1 unspecified atom stereocenters. The minimum atomic E-state index is -4.72. The van der Waals surface area contributed by atoms with Crippen LogP contribution >= 0.6 is 11.3 Å². The van der Waals surface area contributed by atoms with E-state index >= 15 is 0 Å². The first kappa shape index (κ1) is 42.4. The molecule has 53 heavy (non-hydrogen) atoms. The van der Waals surface area contributed by atoms with E-state index in [2.05, 4.69) is 46.7 Å². The average Bonchev–Trinajstić information content (AvgIpc) is 3.59. The van der Waals surface area contributed by atoms with E-state index in [0.29, 0.717) is 13.1 Å². The van der Waals surface area contributed by atoms with Crippen LogP contribution in [-0.4, -0.2) is 88.2 Å². The number of alkyl halides is 3. The Morgan fingerprint density at radius 1 is 0.943 bits per heavy atom. The number of amides is 5. The van der Waals surface area contributed by atoms with Crippen LogP contribution in [0.4, 0.5) is 28.6 Å².